The van der Waals surface area contributed by atoms with Crippen LogP contribution in [0.2, 0.25) is 0 Å². The Bertz CT molecular complexity index is 1990. The number of amides is 2. The molecule has 1 aromatic rings. The molecule has 0 saturated carbocycles. The first-order valence-corrected chi connectivity index (χ1v) is 27.7. The predicted octanol–water partition coefficient (Wildman–Crippen LogP) is 8.75. The third-order valence-corrected chi connectivity index (χ3v) is 16.8. The minimum atomic E-state index is -2.43. The Kier molecular flexibility index (Phi) is 21.5. The van der Waals surface area contributed by atoms with E-state index in [9.17, 15) is 39.3 Å². The van der Waals surface area contributed by atoms with Crippen molar-refractivity contribution in [3.05, 3.63) is 47.5 Å². The van der Waals surface area contributed by atoms with Crippen molar-refractivity contribution in [2.75, 3.05) is 13.1 Å². The van der Waals surface area contributed by atoms with Gasteiger partial charge in [-0.25, -0.2) is 9.59 Å². The van der Waals surface area contributed by atoms with Gasteiger partial charge in [-0.3, -0.25) is 14.4 Å². The molecule has 4 aliphatic heterocycles. The van der Waals surface area contributed by atoms with Gasteiger partial charge in [-0.1, -0.05) is 106 Å². The lowest BCUT2D eigenvalue weighted by molar-refractivity contribution is -0.281. The first kappa shape index (κ1) is 59.2. The molecule has 2 amide bonds. The second-order valence-electron chi connectivity index (χ2n) is 23.1. The van der Waals surface area contributed by atoms with E-state index in [1.807, 2.05) is 72.7 Å². The lowest BCUT2D eigenvalue weighted by Crippen LogP contribution is -2.61. The summed E-state index contributed by atoms with van der Waals surface area (Å²) < 4.78 is 25.1. The molecule has 4 unspecified atom stereocenters. The standard InChI is InChI=1S/C58H92N2O12/c1-13-45(32-43-20-16-15-17-21-43)52(36(5)6)70-56(66)48-33-44(27-29-59(48)50(62)34-57(67)40(10)23-25-46(14-2)71-57)31-38(8)49-26-24-41(11)58(68,72-49)53(63)54(64)60-28-19-18-22-47(60)55(65)69-51(35(3)4)39(9)30-37(7)42(12)61/h15-17,20-21,30,35-38,40-42,44-49,51-52,61,67-68H,13-14,18-19,22-29,31-34H2,1-12H3/b39-30+/t37-,38?,40-,41-,42+,44?,45-,46?,47+,48+,49?,51+,52+,57+,58-/m1/s1. The van der Waals surface area contributed by atoms with E-state index < -0.39 is 77.6 Å². The van der Waals surface area contributed by atoms with Crippen molar-refractivity contribution in [2.24, 2.45) is 47.3 Å². The van der Waals surface area contributed by atoms with Gasteiger partial charge in [0.2, 0.25) is 11.7 Å². The van der Waals surface area contributed by atoms with E-state index in [0.717, 1.165) is 36.8 Å². The Morgan fingerprint density at radius 3 is 2.08 bits per heavy atom. The number of Topliss-reactive ketones (excluding diaryl/α,β-unsaturated/α-hetero) is 1. The van der Waals surface area contributed by atoms with E-state index in [2.05, 4.69) is 32.9 Å². The fraction of sp³-hybridized carbons (Fsp3) is 0.776. The smallest absolute Gasteiger partial charge is 0.329 e. The van der Waals surface area contributed by atoms with Crippen LogP contribution in [0.15, 0.2) is 42.0 Å². The number of piperidine rings is 2. The van der Waals surface area contributed by atoms with Crippen molar-refractivity contribution in [3.63, 3.8) is 0 Å². The van der Waals surface area contributed by atoms with Crippen LogP contribution in [0.4, 0.5) is 0 Å². The van der Waals surface area contributed by atoms with Gasteiger partial charge in [-0.05, 0) is 138 Å². The van der Waals surface area contributed by atoms with Gasteiger partial charge in [0.25, 0.3) is 11.7 Å². The maximum Gasteiger partial charge on any atom is 0.329 e. The van der Waals surface area contributed by atoms with Gasteiger partial charge in [-0.2, -0.15) is 0 Å². The lowest BCUT2D eigenvalue weighted by Gasteiger charge is -2.45. The molecule has 1 aromatic carbocycles. The number of carbonyl (C=O) groups excluding carboxylic acids is 5. The third-order valence-electron chi connectivity index (χ3n) is 16.8. The number of benzene rings is 1. The van der Waals surface area contributed by atoms with Crippen LogP contribution < -0.4 is 0 Å². The number of nitrogens with zero attached hydrogens (tertiary/aromatic N) is 2. The van der Waals surface area contributed by atoms with Gasteiger partial charge in [0.1, 0.15) is 24.3 Å². The molecule has 14 nitrogen and oxygen atoms in total. The van der Waals surface area contributed by atoms with Crippen molar-refractivity contribution in [2.45, 2.75) is 227 Å². The molecule has 4 heterocycles. The number of aliphatic hydroxyl groups excluding tert-OH is 1. The summed E-state index contributed by atoms with van der Waals surface area (Å²) in [6.07, 6.45) is 6.88. The van der Waals surface area contributed by atoms with E-state index in [4.69, 9.17) is 18.9 Å². The lowest BCUT2D eigenvalue weighted by atomic mass is 9.78. The molecule has 406 valence electrons. The van der Waals surface area contributed by atoms with Crippen LogP contribution in [0, 0.1) is 47.3 Å². The van der Waals surface area contributed by atoms with Crippen LogP contribution in [0.5, 0.6) is 0 Å². The number of hydrogen-bond donors (Lipinski definition) is 3. The van der Waals surface area contributed by atoms with E-state index in [1.54, 1.807) is 18.7 Å². The van der Waals surface area contributed by atoms with E-state index >= 15 is 0 Å². The molecule has 3 N–H and O–H groups in total. The topological polar surface area (TPSA) is 189 Å². The zero-order valence-corrected chi connectivity index (χ0v) is 45.8. The maximum atomic E-state index is 14.7. The number of ketones is 1. The Morgan fingerprint density at radius 2 is 1.46 bits per heavy atom. The minimum absolute atomic E-state index is 0.00278. The quantitative estimate of drug-likeness (QED) is 0.0604. The summed E-state index contributed by atoms with van der Waals surface area (Å²) in [5.74, 6) is -9.13. The number of carbonyl (C=O) groups is 5. The maximum absolute atomic E-state index is 14.7. The average molecular weight is 1010 g/mol. The van der Waals surface area contributed by atoms with Crippen LogP contribution in [-0.4, -0.2) is 122 Å². The first-order chi connectivity index (χ1) is 33.9. The molecule has 0 aliphatic carbocycles. The Hall–Kier alpha value is -3.69. The monoisotopic (exact) mass is 1010 g/mol. The normalized spacial score (nSPS) is 31.0. The largest absolute Gasteiger partial charge is 0.460 e. The Morgan fingerprint density at radius 1 is 0.792 bits per heavy atom. The molecular weight excluding hydrogens is 917 g/mol. The number of rotatable bonds is 21. The van der Waals surface area contributed by atoms with E-state index in [0.29, 0.717) is 57.8 Å². The van der Waals surface area contributed by atoms with Crippen molar-refractivity contribution in [1.29, 1.82) is 0 Å². The second kappa shape index (κ2) is 26.2. The molecule has 0 aromatic heterocycles. The highest BCUT2D eigenvalue weighted by atomic mass is 16.6. The van der Waals surface area contributed by atoms with Gasteiger partial charge in [0, 0.05) is 30.8 Å². The van der Waals surface area contributed by atoms with Crippen LogP contribution in [0.25, 0.3) is 0 Å². The molecule has 4 aliphatic rings. The molecule has 0 radical (unpaired) electrons. The van der Waals surface area contributed by atoms with Crippen molar-refractivity contribution in [1.82, 2.24) is 9.80 Å². The van der Waals surface area contributed by atoms with Crippen molar-refractivity contribution in [3.8, 4) is 0 Å². The van der Waals surface area contributed by atoms with E-state index in [1.165, 1.54) is 4.90 Å². The third kappa shape index (κ3) is 14.6. The van der Waals surface area contributed by atoms with Crippen molar-refractivity contribution < 1.29 is 58.2 Å². The zero-order valence-electron chi connectivity index (χ0n) is 45.8. The zero-order chi connectivity index (χ0) is 53.2. The summed E-state index contributed by atoms with van der Waals surface area (Å²) in [7, 11) is 0. The number of esters is 2. The number of likely N-dealkylation sites (tertiary alicyclic amines) is 2. The number of hydrogen-bond acceptors (Lipinski definition) is 12. The molecule has 0 spiro atoms. The summed E-state index contributed by atoms with van der Waals surface area (Å²) >= 11 is 0. The van der Waals surface area contributed by atoms with E-state index in [-0.39, 0.29) is 72.9 Å². The molecular formula is C58H92N2O12. The van der Waals surface area contributed by atoms with Crippen molar-refractivity contribution >= 4 is 29.5 Å². The summed E-state index contributed by atoms with van der Waals surface area (Å²) in [4.78, 5) is 74.5. The Labute approximate surface area is 431 Å². The molecule has 0 bridgehead atoms. The summed E-state index contributed by atoms with van der Waals surface area (Å²) in [6, 6.07) is 8.22. The number of aliphatic hydroxyl groups is 3. The first-order valence-electron chi connectivity index (χ1n) is 27.7. The van der Waals surface area contributed by atoms with Crippen LogP contribution in [0.3, 0.4) is 0 Å². The molecule has 72 heavy (non-hydrogen) atoms. The molecule has 4 fully saturated rings. The van der Waals surface area contributed by atoms with Gasteiger partial charge in [0.05, 0.1) is 24.7 Å². The molecule has 5 rings (SSSR count). The average Bonchev–Trinajstić information content (AvgIpc) is 3.35. The fourth-order valence-corrected chi connectivity index (χ4v) is 11.8. The molecule has 4 saturated heterocycles. The Balaban J connectivity index is 1.32. The minimum Gasteiger partial charge on any atom is -0.460 e. The van der Waals surface area contributed by atoms with Gasteiger partial charge < -0.3 is 44.1 Å². The SMILES string of the molecule is CCC1CC[C@@H](C)[C@](O)(CC(=O)N2CCC(CC(C)C3CC[C@@H](C)[C@](O)(C(=O)C(=O)N4CCCC[C@H]4C(=O)O[C@H](/C(C)=C/[C@@H](C)[C@H](C)O)C(C)C)O3)C[C@H]2C(=O)O[C@@H](C(C)C)[C@H](CC)Cc2ccccc2)O1. The predicted molar refractivity (Wildman–Crippen MR) is 276 cm³/mol. The second-order valence-corrected chi connectivity index (χ2v) is 23.1. The summed E-state index contributed by atoms with van der Waals surface area (Å²) in [6.45, 7) is 23.5. The fourth-order valence-electron chi connectivity index (χ4n) is 11.8. The van der Waals surface area contributed by atoms with Gasteiger partial charge in [0.15, 0.2) is 5.79 Å². The molecule has 14 heteroatoms. The van der Waals surface area contributed by atoms with Gasteiger partial charge >= 0.3 is 11.9 Å². The summed E-state index contributed by atoms with van der Waals surface area (Å²) in [5.41, 5.74) is 1.94. The highest BCUT2D eigenvalue weighted by molar-refractivity contribution is 6.39. The molecule has 15 atom stereocenters. The van der Waals surface area contributed by atoms with Gasteiger partial charge in [-0.15, -0.1) is 0 Å². The highest BCUT2D eigenvalue weighted by Crippen LogP contribution is 2.41. The highest BCUT2D eigenvalue weighted by Gasteiger charge is 2.54. The number of ether oxygens (including phenoxy) is 4. The summed E-state index contributed by atoms with van der Waals surface area (Å²) in [5, 5.41) is 34.1. The van der Waals surface area contributed by atoms with Crippen LogP contribution >= 0.6 is 0 Å². The van der Waals surface area contributed by atoms with Crippen LogP contribution in [-0.2, 0) is 49.3 Å². The van der Waals surface area contributed by atoms with Crippen LogP contribution in [0.1, 0.15) is 172 Å².